The van der Waals surface area contributed by atoms with Crippen molar-refractivity contribution in [2.45, 2.75) is 69.1 Å². The van der Waals surface area contributed by atoms with Crippen molar-refractivity contribution in [1.29, 1.82) is 0 Å². The van der Waals surface area contributed by atoms with Gasteiger partial charge in [0.25, 0.3) is 0 Å². The maximum absolute atomic E-state index is 11.1. The molecule has 2 aromatic rings. The van der Waals surface area contributed by atoms with Crippen LogP contribution in [0.2, 0.25) is 0 Å². The first-order valence-electron chi connectivity index (χ1n) is 11.0. The summed E-state index contributed by atoms with van der Waals surface area (Å²) in [6.07, 6.45) is 9.32. The molecule has 152 valence electrons. The lowest BCUT2D eigenvalue weighted by Gasteiger charge is -2.30. The minimum absolute atomic E-state index is 0.143. The van der Waals surface area contributed by atoms with Crippen molar-refractivity contribution in [2.75, 3.05) is 0 Å². The predicted octanol–water partition coefficient (Wildman–Crippen LogP) is 6.30. The number of carboxylic acid groups (broad SMARTS) is 1. The quantitative estimate of drug-likeness (QED) is 0.610. The van der Waals surface area contributed by atoms with Crippen LogP contribution in [0.1, 0.15) is 96.2 Å². The van der Waals surface area contributed by atoms with Crippen molar-refractivity contribution in [3.8, 4) is 0 Å². The third-order valence-electron chi connectivity index (χ3n) is 7.23. The first-order valence-corrected chi connectivity index (χ1v) is 11.0. The molecule has 2 aliphatic rings. The van der Waals surface area contributed by atoms with E-state index in [4.69, 9.17) is 0 Å². The highest BCUT2D eigenvalue weighted by Crippen LogP contribution is 2.41. The van der Waals surface area contributed by atoms with Crippen LogP contribution in [0, 0.1) is 5.92 Å². The number of benzene rings is 2. The fourth-order valence-electron chi connectivity index (χ4n) is 5.32. The van der Waals surface area contributed by atoms with E-state index in [1.54, 1.807) is 0 Å². The van der Waals surface area contributed by atoms with Gasteiger partial charge in [-0.1, -0.05) is 48.5 Å². The molecule has 0 bridgehead atoms. The van der Waals surface area contributed by atoms with E-state index in [1.807, 2.05) is 12.1 Å². The molecule has 0 amide bonds. The Morgan fingerprint density at radius 2 is 1.00 bits per heavy atom. The fraction of sp³-hybridized carbons (Fsp3) is 0.462. The normalized spacial score (nSPS) is 27.3. The smallest absolute Gasteiger partial charge is 0.306 e. The zero-order valence-electron chi connectivity index (χ0n) is 16.9. The van der Waals surface area contributed by atoms with Gasteiger partial charge >= 0.3 is 5.97 Å². The molecule has 1 N–H and O–H groups in total. The van der Waals surface area contributed by atoms with Crippen LogP contribution in [0.25, 0.3) is 0 Å². The highest BCUT2D eigenvalue weighted by molar-refractivity contribution is 5.74. The molecule has 0 radical (unpaired) electrons. The van der Waals surface area contributed by atoms with E-state index in [-0.39, 0.29) is 5.92 Å². The van der Waals surface area contributed by atoms with E-state index in [9.17, 15) is 14.7 Å². The Bertz CT molecular complexity index is 821. The second kappa shape index (κ2) is 8.94. The first-order chi connectivity index (χ1) is 14.1. The van der Waals surface area contributed by atoms with Gasteiger partial charge in [-0.25, -0.2) is 0 Å². The van der Waals surface area contributed by atoms with Crippen LogP contribution in [0.5, 0.6) is 0 Å². The van der Waals surface area contributed by atoms with Crippen LogP contribution >= 0.6 is 0 Å². The highest BCUT2D eigenvalue weighted by Gasteiger charge is 2.27. The van der Waals surface area contributed by atoms with Crippen molar-refractivity contribution < 1.29 is 14.7 Å². The second-order valence-corrected chi connectivity index (χ2v) is 8.89. The van der Waals surface area contributed by atoms with Crippen LogP contribution < -0.4 is 0 Å². The zero-order chi connectivity index (χ0) is 20.2. The Hall–Kier alpha value is -2.42. The molecule has 29 heavy (non-hydrogen) atoms. The number of hydrogen-bond donors (Lipinski definition) is 1. The molecule has 0 atom stereocenters. The molecule has 2 aromatic carbocycles. The van der Waals surface area contributed by atoms with E-state index < -0.39 is 5.97 Å². The van der Waals surface area contributed by atoms with Crippen LogP contribution in [0.4, 0.5) is 0 Å². The SMILES string of the molecule is O=Cc1ccc(C2CCC(c3ccc(C4CCC(C(=O)O)CC4)cc3)CC2)cc1. The molecule has 4 rings (SSSR count). The molecule has 0 saturated heterocycles. The Balaban J connectivity index is 1.32. The van der Waals surface area contributed by atoms with E-state index in [2.05, 4.69) is 36.4 Å². The monoisotopic (exact) mass is 390 g/mol. The minimum Gasteiger partial charge on any atom is -0.481 e. The molecule has 0 heterocycles. The van der Waals surface area contributed by atoms with E-state index >= 15 is 0 Å². The van der Waals surface area contributed by atoms with Gasteiger partial charge in [0.2, 0.25) is 0 Å². The van der Waals surface area contributed by atoms with Crippen molar-refractivity contribution >= 4 is 12.3 Å². The van der Waals surface area contributed by atoms with Crippen molar-refractivity contribution in [1.82, 2.24) is 0 Å². The molecule has 0 aliphatic heterocycles. The summed E-state index contributed by atoms with van der Waals surface area (Å²) in [6, 6.07) is 17.3. The Kier molecular flexibility index (Phi) is 6.13. The largest absolute Gasteiger partial charge is 0.481 e. The standard InChI is InChI=1S/C26H30O3/c27-17-18-1-3-19(4-2-18)20-5-7-21(8-6-20)22-9-11-23(12-10-22)24-13-15-25(16-14-24)26(28)29/h1-4,9-12,17,20-21,24-25H,5-8,13-16H2,(H,28,29). The number of aldehydes is 1. The maximum Gasteiger partial charge on any atom is 0.306 e. The Morgan fingerprint density at radius 1 is 0.655 bits per heavy atom. The molecule has 3 heteroatoms. The number of aliphatic carboxylic acids is 1. The van der Waals surface area contributed by atoms with Gasteiger partial charge in [0.15, 0.2) is 0 Å². The van der Waals surface area contributed by atoms with Crippen molar-refractivity contribution in [3.05, 3.63) is 70.8 Å². The molecular formula is C26H30O3. The van der Waals surface area contributed by atoms with Gasteiger partial charge in [0, 0.05) is 5.56 Å². The molecule has 0 aromatic heterocycles. The summed E-state index contributed by atoms with van der Waals surface area (Å²) in [6.45, 7) is 0. The summed E-state index contributed by atoms with van der Waals surface area (Å²) in [4.78, 5) is 22.0. The Morgan fingerprint density at radius 3 is 1.34 bits per heavy atom. The van der Waals surface area contributed by atoms with Gasteiger partial charge < -0.3 is 5.11 Å². The second-order valence-electron chi connectivity index (χ2n) is 8.89. The summed E-state index contributed by atoms with van der Waals surface area (Å²) < 4.78 is 0. The minimum atomic E-state index is -0.630. The zero-order valence-corrected chi connectivity index (χ0v) is 16.9. The molecular weight excluding hydrogens is 360 g/mol. The van der Waals surface area contributed by atoms with Gasteiger partial charge in [-0.15, -0.1) is 0 Å². The van der Waals surface area contributed by atoms with Crippen LogP contribution in [-0.2, 0) is 4.79 Å². The molecule has 0 unspecified atom stereocenters. The number of carbonyl (C=O) groups excluding carboxylic acids is 1. The predicted molar refractivity (Wildman–Crippen MR) is 115 cm³/mol. The van der Waals surface area contributed by atoms with Gasteiger partial charge in [-0.3, -0.25) is 9.59 Å². The van der Waals surface area contributed by atoms with Crippen LogP contribution in [-0.4, -0.2) is 17.4 Å². The first kappa shape index (κ1) is 19.9. The molecule has 0 spiro atoms. The summed E-state index contributed by atoms with van der Waals surface area (Å²) in [5.41, 5.74) is 4.93. The third-order valence-corrected chi connectivity index (χ3v) is 7.23. The molecule has 3 nitrogen and oxygen atoms in total. The Labute approximate surface area is 173 Å². The highest BCUT2D eigenvalue weighted by atomic mass is 16.4. The number of rotatable bonds is 5. The van der Waals surface area contributed by atoms with Gasteiger partial charge in [-0.2, -0.15) is 0 Å². The van der Waals surface area contributed by atoms with Crippen LogP contribution in [0.15, 0.2) is 48.5 Å². The topological polar surface area (TPSA) is 54.4 Å². The summed E-state index contributed by atoms with van der Waals surface area (Å²) in [5, 5.41) is 9.18. The number of carboxylic acids is 1. The number of hydrogen-bond acceptors (Lipinski definition) is 2. The summed E-state index contributed by atoms with van der Waals surface area (Å²) in [7, 11) is 0. The van der Waals surface area contributed by atoms with Crippen LogP contribution in [0.3, 0.4) is 0 Å². The summed E-state index contributed by atoms with van der Waals surface area (Å²) in [5.74, 6) is 0.988. The van der Waals surface area contributed by atoms with E-state index in [0.29, 0.717) is 17.8 Å². The summed E-state index contributed by atoms with van der Waals surface area (Å²) >= 11 is 0. The molecule has 2 fully saturated rings. The van der Waals surface area contributed by atoms with Gasteiger partial charge in [0.05, 0.1) is 5.92 Å². The van der Waals surface area contributed by atoms with E-state index in [0.717, 1.165) is 37.5 Å². The van der Waals surface area contributed by atoms with Crippen molar-refractivity contribution in [3.63, 3.8) is 0 Å². The lowest BCUT2D eigenvalue weighted by Crippen LogP contribution is -2.20. The van der Waals surface area contributed by atoms with E-state index in [1.165, 1.54) is 42.4 Å². The average molecular weight is 391 g/mol. The lowest BCUT2D eigenvalue weighted by molar-refractivity contribution is -0.142. The molecule has 2 aliphatic carbocycles. The number of carbonyl (C=O) groups is 2. The maximum atomic E-state index is 11.1. The fourth-order valence-corrected chi connectivity index (χ4v) is 5.32. The molecule has 2 saturated carbocycles. The average Bonchev–Trinajstić information content (AvgIpc) is 2.79. The van der Waals surface area contributed by atoms with Gasteiger partial charge in [0.1, 0.15) is 6.29 Å². The van der Waals surface area contributed by atoms with Crippen molar-refractivity contribution in [2.24, 2.45) is 5.92 Å². The van der Waals surface area contributed by atoms with Gasteiger partial charge in [-0.05, 0) is 85.8 Å². The lowest BCUT2D eigenvalue weighted by atomic mass is 9.75. The third kappa shape index (κ3) is 4.60.